The molecule has 11 heteroatoms. The molecule has 224 valence electrons. The zero-order chi connectivity index (χ0) is 29.5. The second kappa shape index (κ2) is 13.5. The minimum atomic E-state index is -4.03. The summed E-state index contributed by atoms with van der Waals surface area (Å²) in [7, 11) is -4.03. The second-order valence-corrected chi connectivity index (χ2v) is 12.7. The zero-order valence-electron chi connectivity index (χ0n) is 23.2. The first-order chi connectivity index (χ1) is 20.3. The third-order valence-electron chi connectivity index (χ3n) is 7.71. The van der Waals surface area contributed by atoms with Crippen molar-refractivity contribution >= 4 is 16.1 Å². The second-order valence-electron chi connectivity index (χ2n) is 10.7. The van der Waals surface area contributed by atoms with Crippen LogP contribution in [0.5, 0.6) is 17.2 Å². The van der Waals surface area contributed by atoms with Crippen molar-refractivity contribution in [3.05, 3.63) is 83.9 Å². The van der Waals surface area contributed by atoms with E-state index in [-0.39, 0.29) is 37.1 Å². The molecule has 1 aliphatic carbocycles. The van der Waals surface area contributed by atoms with Gasteiger partial charge in [0, 0.05) is 19.2 Å². The number of benzene rings is 3. The number of hydrogen-bond acceptors (Lipinski definition) is 7. The van der Waals surface area contributed by atoms with E-state index < -0.39 is 28.3 Å². The van der Waals surface area contributed by atoms with Crippen LogP contribution in [0, 0.1) is 5.92 Å². The van der Waals surface area contributed by atoms with Crippen molar-refractivity contribution in [3.63, 3.8) is 0 Å². The molecule has 0 unspecified atom stereocenters. The Labute approximate surface area is 245 Å². The third kappa shape index (κ3) is 7.53. The summed E-state index contributed by atoms with van der Waals surface area (Å²) < 4.78 is 45.5. The summed E-state index contributed by atoms with van der Waals surface area (Å²) >= 11 is 0. The van der Waals surface area contributed by atoms with Crippen molar-refractivity contribution in [1.29, 1.82) is 0 Å². The number of rotatable bonds is 13. The number of ether oxygens (including phenoxy) is 3. The molecule has 0 aromatic heterocycles. The standard InChI is InChI=1S/C31H36N2O8S/c34-28(27(32-31(35)36)16-22-10-12-25(13-11-22)39-20-24-8-2-1-3-9-24)19-33(18-23-6-4-5-7-23)42(37,38)26-14-15-29-30(17-26)41-21-40-29/h1-3,8-15,17,23,27-28,32,34H,4-7,16,18-21H2,(H,35,36)/t27-,28-/m0/s1. The summed E-state index contributed by atoms with van der Waals surface area (Å²) in [6.07, 6.45) is 1.41. The van der Waals surface area contributed by atoms with Crippen molar-refractivity contribution in [3.8, 4) is 17.2 Å². The van der Waals surface area contributed by atoms with Crippen molar-refractivity contribution in [2.24, 2.45) is 5.92 Å². The average Bonchev–Trinajstić information content (AvgIpc) is 3.68. The summed E-state index contributed by atoms with van der Waals surface area (Å²) in [6.45, 7) is 0.403. The van der Waals surface area contributed by atoms with E-state index >= 15 is 0 Å². The van der Waals surface area contributed by atoms with Gasteiger partial charge in [-0.25, -0.2) is 13.2 Å². The first-order valence-electron chi connectivity index (χ1n) is 14.1. The van der Waals surface area contributed by atoms with Gasteiger partial charge in [-0.2, -0.15) is 4.31 Å². The topological polar surface area (TPSA) is 135 Å². The van der Waals surface area contributed by atoms with E-state index in [1.165, 1.54) is 16.4 Å². The van der Waals surface area contributed by atoms with Gasteiger partial charge in [-0.05, 0) is 60.6 Å². The van der Waals surface area contributed by atoms with Crippen molar-refractivity contribution in [2.75, 3.05) is 19.9 Å². The number of hydrogen-bond donors (Lipinski definition) is 3. The summed E-state index contributed by atoms with van der Waals surface area (Å²) in [5.41, 5.74) is 1.80. The number of nitrogens with zero attached hydrogens (tertiary/aromatic N) is 1. The molecular formula is C31H36N2O8S. The van der Waals surface area contributed by atoms with Crippen LogP contribution in [0.4, 0.5) is 4.79 Å². The molecule has 1 amide bonds. The van der Waals surface area contributed by atoms with Crippen LogP contribution < -0.4 is 19.5 Å². The molecule has 42 heavy (non-hydrogen) atoms. The van der Waals surface area contributed by atoms with Crippen LogP contribution in [0.25, 0.3) is 0 Å². The summed E-state index contributed by atoms with van der Waals surface area (Å²) in [6, 6.07) is 20.5. The highest BCUT2D eigenvalue weighted by atomic mass is 32.2. The molecule has 10 nitrogen and oxygen atoms in total. The smallest absolute Gasteiger partial charge is 0.404 e. The highest BCUT2D eigenvalue weighted by molar-refractivity contribution is 7.89. The molecule has 1 aliphatic heterocycles. The van der Waals surface area contributed by atoms with Gasteiger partial charge in [0.15, 0.2) is 11.5 Å². The van der Waals surface area contributed by atoms with Gasteiger partial charge in [0.2, 0.25) is 16.8 Å². The molecule has 0 bridgehead atoms. The maximum absolute atomic E-state index is 13.8. The molecule has 2 atom stereocenters. The van der Waals surface area contributed by atoms with Crippen molar-refractivity contribution in [1.82, 2.24) is 9.62 Å². The van der Waals surface area contributed by atoms with Crippen LogP contribution in [0.3, 0.4) is 0 Å². The highest BCUT2D eigenvalue weighted by Crippen LogP contribution is 2.35. The Morgan fingerprint density at radius 3 is 2.40 bits per heavy atom. The zero-order valence-corrected chi connectivity index (χ0v) is 24.0. The van der Waals surface area contributed by atoms with E-state index in [0.717, 1.165) is 36.8 Å². The number of amides is 1. The molecule has 2 aliphatic rings. The summed E-state index contributed by atoms with van der Waals surface area (Å²) in [5, 5.41) is 23.2. The number of nitrogens with one attached hydrogen (secondary N) is 1. The SMILES string of the molecule is O=C(O)N[C@@H](Cc1ccc(OCc2ccccc2)cc1)[C@@H](O)CN(CC1CCCC1)S(=O)(=O)c1ccc2c(c1)OCO2. The van der Waals surface area contributed by atoms with E-state index in [1.807, 2.05) is 42.5 Å². The monoisotopic (exact) mass is 596 g/mol. The molecule has 3 aromatic carbocycles. The molecule has 0 saturated heterocycles. The Hall–Kier alpha value is -3.80. The first kappa shape index (κ1) is 29.7. The van der Waals surface area contributed by atoms with Crippen LogP contribution >= 0.6 is 0 Å². The molecule has 1 saturated carbocycles. The Morgan fingerprint density at radius 2 is 1.69 bits per heavy atom. The van der Waals surface area contributed by atoms with Crippen molar-refractivity contribution < 1.29 is 37.6 Å². The molecule has 3 N–H and O–H groups in total. The van der Waals surface area contributed by atoms with Crippen LogP contribution in [0.1, 0.15) is 36.8 Å². The normalized spacial score (nSPS) is 16.3. The third-order valence-corrected chi connectivity index (χ3v) is 9.54. The summed E-state index contributed by atoms with van der Waals surface area (Å²) in [5.74, 6) is 1.64. The summed E-state index contributed by atoms with van der Waals surface area (Å²) in [4.78, 5) is 11.7. The first-order valence-corrected chi connectivity index (χ1v) is 15.5. The Balaban J connectivity index is 1.30. The predicted molar refractivity (Wildman–Crippen MR) is 155 cm³/mol. The van der Waals surface area contributed by atoms with Gasteiger partial charge in [-0.1, -0.05) is 55.3 Å². The van der Waals surface area contributed by atoms with E-state index in [4.69, 9.17) is 14.2 Å². The lowest BCUT2D eigenvalue weighted by Gasteiger charge is -2.30. The minimum Gasteiger partial charge on any atom is -0.489 e. The quantitative estimate of drug-likeness (QED) is 0.264. The van der Waals surface area contributed by atoms with Gasteiger partial charge in [-0.3, -0.25) is 0 Å². The number of sulfonamides is 1. The molecule has 1 fully saturated rings. The number of carboxylic acid groups (broad SMARTS) is 1. The van der Waals surface area contributed by atoms with Gasteiger partial charge in [0.05, 0.1) is 17.0 Å². The van der Waals surface area contributed by atoms with E-state index in [2.05, 4.69) is 5.32 Å². The number of fused-ring (bicyclic) bond motifs is 1. The number of carbonyl (C=O) groups is 1. The van der Waals surface area contributed by atoms with Gasteiger partial charge in [0.1, 0.15) is 12.4 Å². The minimum absolute atomic E-state index is 0.0198. The van der Waals surface area contributed by atoms with E-state index in [9.17, 15) is 23.4 Å². The highest BCUT2D eigenvalue weighted by Gasteiger charge is 2.34. The Morgan fingerprint density at radius 1 is 0.976 bits per heavy atom. The van der Waals surface area contributed by atoms with Crippen LogP contribution in [-0.4, -0.2) is 61.1 Å². The number of aliphatic hydroxyl groups excluding tert-OH is 1. The largest absolute Gasteiger partial charge is 0.489 e. The Bertz CT molecular complexity index is 1440. The molecular weight excluding hydrogens is 560 g/mol. The Kier molecular flexibility index (Phi) is 9.51. The van der Waals surface area contributed by atoms with Gasteiger partial charge in [0.25, 0.3) is 0 Å². The average molecular weight is 597 g/mol. The van der Waals surface area contributed by atoms with Crippen LogP contribution in [0.15, 0.2) is 77.7 Å². The van der Waals surface area contributed by atoms with E-state index in [0.29, 0.717) is 23.9 Å². The van der Waals surface area contributed by atoms with Crippen LogP contribution in [0.2, 0.25) is 0 Å². The fourth-order valence-corrected chi connectivity index (χ4v) is 6.98. The maximum Gasteiger partial charge on any atom is 0.404 e. The van der Waals surface area contributed by atoms with Gasteiger partial charge < -0.3 is 29.7 Å². The number of aliphatic hydroxyl groups is 1. The lowest BCUT2D eigenvalue weighted by Crippen LogP contribution is -2.50. The van der Waals surface area contributed by atoms with Crippen molar-refractivity contribution in [2.45, 2.75) is 55.8 Å². The molecule has 0 spiro atoms. The molecule has 0 radical (unpaired) electrons. The molecule has 3 aromatic rings. The molecule has 5 rings (SSSR count). The van der Waals surface area contributed by atoms with Gasteiger partial charge >= 0.3 is 6.09 Å². The predicted octanol–water partition coefficient (Wildman–Crippen LogP) is 4.42. The lowest BCUT2D eigenvalue weighted by molar-refractivity contribution is 0.0971. The fraction of sp³-hybridized carbons (Fsp3) is 0.387. The van der Waals surface area contributed by atoms with E-state index in [1.54, 1.807) is 18.2 Å². The van der Waals surface area contributed by atoms with Gasteiger partial charge in [-0.15, -0.1) is 0 Å². The maximum atomic E-state index is 13.8. The van der Waals surface area contributed by atoms with Crippen LogP contribution in [-0.2, 0) is 23.1 Å². The molecule has 1 heterocycles. The fourth-order valence-electron chi connectivity index (χ4n) is 5.43. The lowest BCUT2D eigenvalue weighted by atomic mass is 10.0.